The minimum absolute atomic E-state index is 0.667. The van der Waals surface area contributed by atoms with E-state index >= 15 is 0 Å². The first-order valence-electron chi connectivity index (χ1n) is 6.69. The van der Waals surface area contributed by atoms with E-state index in [-0.39, 0.29) is 0 Å². The second kappa shape index (κ2) is 7.15. The van der Waals surface area contributed by atoms with E-state index in [1.165, 1.54) is 5.56 Å². The Labute approximate surface area is 138 Å². The van der Waals surface area contributed by atoms with Gasteiger partial charge in [-0.05, 0) is 43.9 Å². The van der Waals surface area contributed by atoms with Crippen molar-refractivity contribution < 1.29 is 0 Å². The van der Waals surface area contributed by atoms with Crippen molar-refractivity contribution in [2.24, 2.45) is 0 Å². The van der Waals surface area contributed by atoms with Crippen LogP contribution in [0.25, 0.3) is 0 Å². The van der Waals surface area contributed by atoms with Crippen LogP contribution in [0.3, 0.4) is 0 Å². The molecule has 0 aliphatic rings. The number of nitrogens with zero attached hydrogens (tertiary/aromatic N) is 4. The van der Waals surface area contributed by atoms with Gasteiger partial charge in [-0.2, -0.15) is 5.10 Å². The molecule has 0 spiro atoms. The van der Waals surface area contributed by atoms with Crippen molar-refractivity contribution in [3.05, 3.63) is 57.6 Å². The molecule has 0 aliphatic carbocycles. The van der Waals surface area contributed by atoms with Crippen LogP contribution in [0.1, 0.15) is 11.4 Å². The SMILES string of the molecule is C=CCn1c(C)nn(CN(C)Cc2ccc(Br)cc2)c1=S. The van der Waals surface area contributed by atoms with Crippen molar-refractivity contribution in [1.29, 1.82) is 0 Å². The molecule has 0 bridgehead atoms. The molecular formula is C15H19BrN4S. The number of rotatable bonds is 6. The van der Waals surface area contributed by atoms with E-state index < -0.39 is 0 Å². The summed E-state index contributed by atoms with van der Waals surface area (Å²) >= 11 is 8.91. The molecule has 112 valence electrons. The van der Waals surface area contributed by atoms with Crippen LogP contribution >= 0.6 is 28.1 Å². The van der Waals surface area contributed by atoms with Crippen molar-refractivity contribution in [1.82, 2.24) is 19.2 Å². The molecule has 6 heteroatoms. The first-order valence-corrected chi connectivity index (χ1v) is 7.89. The second-order valence-corrected chi connectivity index (χ2v) is 6.29. The van der Waals surface area contributed by atoms with Crippen molar-refractivity contribution in [3.8, 4) is 0 Å². The Balaban J connectivity index is 2.07. The molecule has 0 fully saturated rings. The number of benzene rings is 1. The van der Waals surface area contributed by atoms with Gasteiger partial charge < -0.3 is 4.57 Å². The number of aromatic nitrogens is 3. The lowest BCUT2D eigenvalue weighted by molar-refractivity contribution is 0.243. The third-order valence-corrected chi connectivity index (χ3v) is 4.12. The normalized spacial score (nSPS) is 11.0. The van der Waals surface area contributed by atoms with Gasteiger partial charge in [0.25, 0.3) is 0 Å². The fourth-order valence-electron chi connectivity index (χ4n) is 2.16. The molecule has 0 atom stereocenters. The van der Waals surface area contributed by atoms with Gasteiger partial charge in [0.1, 0.15) is 5.82 Å². The van der Waals surface area contributed by atoms with E-state index in [1.54, 1.807) is 0 Å². The Morgan fingerprint density at radius 1 is 1.38 bits per heavy atom. The lowest BCUT2D eigenvalue weighted by Crippen LogP contribution is -2.22. The lowest BCUT2D eigenvalue weighted by Gasteiger charge is -2.16. The summed E-state index contributed by atoms with van der Waals surface area (Å²) in [5.41, 5.74) is 1.26. The highest BCUT2D eigenvalue weighted by molar-refractivity contribution is 9.10. The molecule has 0 unspecified atom stereocenters. The summed E-state index contributed by atoms with van der Waals surface area (Å²) in [7, 11) is 2.06. The predicted molar refractivity (Wildman–Crippen MR) is 91.6 cm³/mol. The van der Waals surface area contributed by atoms with Crippen LogP contribution in [-0.4, -0.2) is 26.3 Å². The summed E-state index contributed by atoms with van der Waals surface area (Å²) in [4.78, 5) is 2.18. The monoisotopic (exact) mass is 366 g/mol. The zero-order valence-electron chi connectivity index (χ0n) is 12.3. The molecule has 0 radical (unpaired) electrons. The highest BCUT2D eigenvalue weighted by Gasteiger charge is 2.08. The number of halogens is 1. The van der Waals surface area contributed by atoms with Crippen molar-refractivity contribution >= 4 is 28.1 Å². The largest absolute Gasteiger partial charge is 0.300 e. The zero-order chi connectivity index (χ0) is 15.4. The molecule has 1 heterocycles. The molecule has 1 aromatic heterocycles. The fourth-order valence-corrected chi connectivity index (χ4v) is 2.73. The predicted octanol–water partition coefficient (Wildman–Crippen LogP) is 3.76. The maximum Gasteiger partial charge on any atom is 0.199 e. The van der Waals surface area contributed by atoms with E-state index in [2.05, 4.69) is 63.8 Å². The quantitative estimate of drug-likeness (QED) is 0.574. The van der Waals surface area contributed by atoms with Gasteiger partial charge in [0, 0.05) is 17.6 Å². The highest BCUT2D eigenvalue weighted by atomic mass is 79.9. The average Bonchev–Trinajstić information content (AvgIpc) is 2.69. The van der Waals surface area contributed by atoms with Gasteiger partial charge in [0.2, 0.25) is 0 Å². The molecule has 2 aromatic rings. The van der Waals surface area contributed by atoms with Crippen molar-refractivity contribution in [2.45, 2.75) is 26.7 Å². The van der Waals surface area contributed by atoms with Crippen LogP contribution in [0.4, 0.5) is 0 Å². The van der Waals surface area contributed by atoms with E-state index in [1.807, 2.05) is 22.2 Å². The van der Waals surface area contributed by atoms with E-state index in [0.29, 0.717) is 13.2 Å². The molecular weight excluding hydrogens is 348 g/mol. The van der Waals surface area contributed by atoms with E-state index in [4.69, 9.17) is 12.2 Å². The Morgan fingerprint density at radius 2 is 2.05 bits per heavy atom. The first kappa shape index (κ1) is 16.1. The maximum atomic E-state index is 5.46. The summed E-state index contributed by atoms with van der Waals surface area (Å²) in [6, 6.07) is 8.33. The van der Waals surface area contributed by atoms with Crippen LogP contribution in [0.5, 0.6) is 0 Å². The number of allylic oxidation sites excluding steroid dienone is 1. The first-order chi connectivity index (χ1) is 10.0. The van der Waals surface area contributed by atoms with Gasteiger partial charge in [-0.3, -0.25) is 4.90 Å². The van der Waals surface area contributed by atoms with E-state index in [0.717, 1.165) is 21.6 Å². The summed E-state index contributed by atoms with van der Waals surface area (Å²) < 4.78 is 5.66. The van der Waals surface area contributed by atoms with Gasteiger partial charge in [-0.25, -0.2) is 4.68 Å². The molecule has 0 N–H and O–H groups in total. The van der Waals surface area contributed by atoms with Crippen molar-refractivity contribution in [3.63, 3.8) is 0 Å². The van der Waals surface area contributed by atoms with Crippen molar-refractivity contribution in [2.75, 3.05) is 7.05 Å². The summed E-state index contributed by atoms with van der Waals surface area (Å²) in [5, 5.41) is 4.50. The summed E-state index contributed by atoms with van der Waals surface area (Å²) in [6.45, 7) is 7.93. The van der Waals surface area contributed by atoms with Crippen LogP contribution in [-0.2, 0) is 19.8 Å². The molecule has 4 nitrogen and oxygen atoms in total. The third kappa shape index (κ3) is 4.12. The third-order valence-electron chi connectivity index (χ3n) is 3.16. The topological polar surface area (TPSA) is 26.0 Å². The van der Waals surface area contributed by atoms with E-state index in [9.17, 15) is 0 Å². The van der Waals surface area contributed by atoms with Gasteiger partial charge in [-0.1, -0.05) is 34.1 Å². The average molecular weight is 367 g/mol. The van der Waals surface area contributed by atoms with Crippen LogP contribution in [0.15, 0.2) is 41.4 Å². The minimum atomic E-state index is 0.667. The summed E-state index contributed by atoms with van der Waals surface area (Å²) in [5.74, 6) is 0.914. The smallest absolute Gasteiger partial charge is 0.199 e. The second-order valence-electron chi connectivity index (χ2n) is 5.01. The zero-order valence-corrected chi connectivity index (χ0v) is 14.7. The van der Waals surface area contributed by atoms with Gasteiger partial charge in [-0.15, -0.1) is 6.58 Å². The Morgan fingerprint density at radius 3 is 2.67 bits per heavy atom. The van der Waals surface area contributed by atoms with Crippen LogP contribution in [0.2, 0.25) is 0 Å². The lowest BCUT2D eigenvalue weighted by atomic mass is 10.2. The maximum absolute atomic E-state index is 5.46. The number of aryl methyl sites for hydroxylation is 1. The Bertz CT molecular complexity index is 672. The highest BCUT2D eigenvalue weighted by Crippen LogP contribution is 2.12. The molecule has 2 rings (SSSR count). The van der Waals surface area contributed by atoms with Gasteiger partial charge in [0.05, 0.1) is 6.67 Å². The van der Waals surface area contributed by atoms with Gasteiger partial charge >= 0.3 is 0 Å². The number of hydrogen-bond acceptors (Lipinski definition) is 3. The summed E-state index contributed by atoms with van der Waals surface area (Å²) in [6.07, 6.45) is 1.83. The molecule has 0 saturated heterocycles. The molecule has 0 aliphatic heterocycles. The molecule has 1 aromatic carbocycles. The van der Waals surface area contributed by atoms with Crippen LogP contribution < -0.4 is 0 Å². The molecule has 0 amide bonds. The Hall–Kier alpha value is -1.24. The molecule has 21 heavy (non-hydrogen) atoms. The molecule has 0 saturated carbocycles. The van der Waals surface area contributed by atoms with Crippen LogP contribution in [0, 0.1) is 11.7 Å². The van der Waals surface area contributed by atoms with Gasteiger partial charge in [0.15, 0.2) is 4.77 Å². The fraction of sp³-hybridized carbons (Fsp3) is 0.333. The minimum Gasteiger partial charge on any atom is -0.300 e. The number of hydrogen-bond donors (Lipinski definition) is 0. The standard InChI is InChI=1S/C15H19BrN4S/c1-4-9-19-12(2)17-20(15(19)21)11-18(3)10-13-5-7-14(16)8-6-13/h4-8H,1,9-11H2,2-3H3. The Kier molecular flexibility index (Phi) is 5.50.